The Kier molecular flexibility index (Phi) is 2.37. The normalized spacial score (nSPS) is 18.1. The van der Waals surface area contributed by atoms with Crippen LogP contribution < -0.4 is 0 Å². The van der Waals surface area contributed by atoms with Crippen molar-refractivity contribution in [1.82, 2.24) is 0 Å². The molecule has 0 N–H and O–H groups in total. The number of hydrogen-bond acceptors (Lipinski definition) is 1. The fraction of sp³-hybridized carbons (Fsp3) is 0.500. The van der Waals surface area contributed by atoms with Crippen molar-refractivity contribution >= 4 is 0 Å². The molecule has 0 spiro atoms. The van der Waals surface area contributed by atoms with Gasteiger partial charge in [0.2, 0.25) is 0 Å². The molecule has 0 aromatic rings. The first-order valence-electron chi connectivity index (χ1n) is 3.43. The number of hydrogen-bond donors (Lipinski definition) is 0. The standard InChI is InChI=1S/C8H12O/c1-2-3-5-8-6-4-7-9-8/h3,5-6H,2,4,7H2,1H3/b5-3-. The zero-order valence-electron chi connectivity index (χ0n) is 5.76. The summed E-state index contributed by atoms with van der Waals surface area (Å²) < 4.78 is 5.23. The van der Waals surface area contributed by atoms with Gasteiger partial charge in [-0.2, -0.15) is 0 Å². The zero-order chi connectivity index (χ0) is 6.53. The van der Waals surface area contributed by atoms with Crippen LogP contribution in [0.4, 0.5) is 0 Å². The van der Waals surface area contributed by atoms with Crippen LogP contribution >= 0.6 is 0 Å². The lowest BCUT2D eigenvalue weighted by molar-refractivity contribution is 0.257. The van der Waals surface area contributed by atoms with Crippen molar-refractivity contribution in [3.05, 3.63) is 24.0 Å². The van der Waals surface area contributed by atoms with Crippen LogP contribution in [0.3, 0.4) is 0 Å². The van der Waals surface area contributed by atoms with E-state index in [1.54, 1.807) is 0 Å². The maximum absolute atomic E-state index is 5.23. The summed E-state index contributed by atoms with van der Waals surface area (Å²) in [6.07, 6.45) is 8.42. The van der Waals surface area contributed by atoms with Gasteiger partial charge in [0.05, 0.1) is 6.61 Å². The smallest absolute Gasteiger partial charge is 0.115 e. The summed E-state index contributed by atoms with van der Waals surface area (Å²) >= 11 is 0. The van der Waals surface area contributed by atoms with Crippen molar-refractivity contribution in [3.63, 3.8) is 0 Å². The fourth-order valence-corrected chi connectivity index (χ4v) is 0.787. The van der Waals surface area contributed by atoms with Crippen LogP contribution in [-0.2, 0) is 4.74 Å². The number of rotatable bonds is 2. The predicted octanol–water partition coefficient (Wildman–Crippen LogP) is 2.26. The summed E-state index contributed by atoms with van der Waals surface area (Å²) in [5, 5.41) is 0. The van der Waals surface area contributed by atoms with Gasteiger partial charge >= 0.3 is 0 Å². The van der Waals surface area contributed by atoms with Crippen molar-refractivity contribution in [2.45, 2.75) is 19.8 Å². The SMILES string of the molecule is CC/C=C\C1=CCCO1. The van der Waals surface area contributed by atoms with Crippen molar-refractivity contribution in [3.8, 4) is 0 Å². The van der Waals surface area contributed by atoms with E-state index in [1.807, 2.05) is 6.08 Å². The molecule has 0 saturated carbocycles. The first-order valence-corrected chi connectivity index (χ1v) is 3.43. The Hall–Kier alpha value is -0.720. The zero-order valence-corrected chi connectivity index (χ0v) is 5.76. The van der Waals surface area contributed by atoms with E-state index in [1.165, 1.54) is 0 Å². The van der Waals surface area contributed by atoms with Gasteiger partial charge in [0.15, 0.2) is 0 Å². The topological polar surface area (TPSA) is 9.23 Å². The van der Waals surface area contributed by atoms with Gasteiger partial charge in [0, 0.05) is 6.42 Å². The average molecular weight is 124 g/mol. The van der Waals surface area contributed by atoms with Gasteiger partial charge in [-0.25, -0.2) is 0 Å². The molecule has 0 atom stereocenters. The van der Waals surface area contributed by atoms with E-state index in [9.17, 15) is 0 Å². The summed E-state index contributed by atoms with van der Waals surface area (Å²) in [6, 6.07) is 0. The minimum absolute atomic E-state index is 0.864. The molecule has 0 aromatic heterocycles. The Balaban J connectivity index is 2.34. The Morgan fingerprint density at radius 1 is 1.78 bits per heavy atom. The second-order valence-electron chi connectivity index (χ2n) is 2.05. The molecule has 50 valence electrons. The molecule has 1 aliphatic heterocycles. The Labute approximate surface area is 56.0 Å². The van der Waals surface area contributed by atoms with Crippen LogP contribution in [0.2, 0.25) is 0 Å². The Bertz CT molecular complexity index is 134. The third-order valence-electron chi connectivity index (χ3n) is 1.25. The lowest BCUT2D eigenvalue weighted by Crippen LogP contribution is -1.79. The second kappa shape index (κ2) is 3.33. The monoisotopic (exact) mass is 124 g/mol. The molecule has 0 bridgehead atoms. The lowest BCUT2D eigenvalue weighted by Gasteiger charge is -1.93. The van der Waals surface area contributed by atoms with Gasteiger partial charge in [-0.3, -0.25) is 0 Å². The highest BCUT2D eigenvalue weighted by atomic mass is 16.5. The van der Waals surface area contributed by atoms with Crippen molar-refractivity contribution in [1.29, 1.82) is 0 Å². The second-order valence-corrected chi connectivity index (χ2v) is 2.05. The van der Waals surface area contributed by atoms with E-state index in [-0.39, 0.29) is 0 Å². The van der Waals surface area contributed by atoms with Crippen molar-refractivity contribution in [2.24, 2.45) is 0 Å². The molecule has 0 saturated heterocycles. The molecule has 0 radical (unpaired) electrons. The van der Waals surface area contributed by atoms with Crippen LogP contribution in [0.5, 0.6) is 0 Å². The van der Waals surface area contributed by atoms with E-state index >= 15 is 0 Å². The average Bonchev–Trinajstić information content (AvgIpc) is 2.34. The maximum atomic E-state index is 5.23. The van der Waals surface area contributed by atoms with E-state index in [2.05, 4.69) is 19.1 Å². The summed E-state index contributed by atoms with van der Waals surface area (Å²) in [6.45, 7) is 2.98. The van der Waals surface area contributed by atoms with E-state index in [0.29, 0.717) is 0 Å². The van der Waals surface area contributed by atoms with E-state index in [0.717, 1.165) is 25.2 Å². The van der Waals surface area contributed by atoms with Crippen LogP contribution in [0.25, 0.3) is 0 Å². The molecule has 1 nitrogen and oxygen atoms in total. The van der Waals surface area contributed by atoms with Gasteiger partial charge in [0.25, 0.3) is 0 Å². The Morgan fingerprint density at radius 2 is 2.67 bits per heavy atom. The van der Waals surface area contributed by atoms with E-state index < -0.39 is 0 Å². The number of allylic oxidation sites excluding steroid dienone is 2. The van der Waals surface area contributed by atoms with Gasteiger partial charge in [-0.05, 0) is 18.6 Å². The first kappa shape index (κ1) is 6.40. The van der Waals surface area contributed by atoms with Gasteiger partial charge in [0.1, 0.15) is 5.76 Å². The summed E-state index contributed by atoms with van der Waals surface area (Å²) in [7, 11) is 0. The Morgan fingerprint density at radius 3 is 3.22 bits per heavy atom. The maximum Gasteiger partial charge on any atom is 0.115 e. The van der Waals surface area contributed by atoms with Crippen LogP contribution in [0.15, 0.2) is 24.0 Å². The minimum Gasteiger partial charge on any atom is -0.494 e. The molecule has 0 amide bonds. The molecule has 0 aliphatic carbocycles. The van der Waals surface area contributed by atoms with Crippen LogP contribution in [-0.4, -0.2) is 6.61 Å². The highest BCUT2D eigenvalue weighted by molar-refractivity contribution is 5.14. The molecule has 9 heavy (non-hydrogen) atoms. The summed E-state index contributed by atoms with van der Waals surface area (Å²) in [4.78, 5) is 0. The van der Waals surface area contributed by atoms with E-state index in [4.69, 9.17) is 4.74 Å². The molecule has 0 unspecified atom stereocenters. The molecule has 0 fully saturated rings. The molecule has 1 heteroatoms. The van der Waals surface area contributed by atoms with Gasteiger partial charge in [-0.1, -0.05) is 13.0 Å². The quantitative estimate of drug-likeness (QED) is 0.548. The van der Waals surface area contributed by atoms with Crippen LogP contribution in [0, 0.1) is 0 Å². The van der Waals surface area contributed by atoms with Crippen LogP contribution in [0.1, 0.15) is 19.8 Å². The third kappa shape index (κ3) is 1.92. The molecule has 1 heterocycles. The minimum atomic E-state index is 0.864. The van der Waals surface area contributed by atoms with Crippen molar-refractivity contribution in [2.75, 3.05) is 6.61 Å². The largest absolute Gasteiger partial charge is 0.494 e. The molecule has 1 rings (SSSR count). The fourth-order valence-electron chi connectivity index (χ4n) is 0.787. The molecular weight excluding hydrogens is 112 g/mol. The highest BCUT2D eigenvalue weighted by Crippen LogP contribution is 2.09. The number of ether oxygens (including phenoxy) is 1. The van der Waals surface area contributed by atoms with Crippen molar-refractivity contribution < 1.29 is 4.74 Å². The molecular formula is C8H12O. The third-order valence-corrected chi connectivity index (χ3v) is 1.25. The van der Waals surface area contributed by atoms with Gasteiger partial charge in [-0.15, -0.1) is 0 Å². The van der Waals surface area contributed by atoms with Gasteiger partial charge < -0.3 is 4.74 Å². The highest BCUT2D eigenvalue weighted by Gasteiger charge is 1.98. The summed E-state index contributed by atoms with van der Waals surface area (Å²) in [5.41, 5.74) is 0. The lowest BCUT2D eigenvalue weighted by atomic mass is 10.3. The predicted molar refractivity (Wildman–Crippen MR) is 38.1 cm³/mol. The summed E-state index contributed by atoms with van der Waals surface area (Å²) in [5.74, 6) is 1.04. The molecule has 0 aromatic carbocycles. The first-order chi connectivity index (χ1) is 4.43. The molecule has 1 aliphatic rings.